The Morgan fingerprint density at radius 1 is 1.00 bits per heavy atom. The topological polar surface area (TPSA) is 14.2 Å². The van der Waals surface area contributed by atoms with Gasteiger partial charge in [0.1, 0.15) is 5.75 Å². The van der Waals surface area contributed by atoms with Crippen LogP contribution in [0.2, 0.25) is 0 Å². The zero-order chi connectivity index (χ0) is 12.5. The Labute approximate surface area is 106 Å². The Bertz CT molecular complexity index is 697. The summed E-state index contributed by atoms with van der Waals surface area (Å²) < 4.78 is 7.46. The Kier molecular flexibility index (Phi) is 2.56. The van der Waals surface area contributed by atoms with Crippen molar-refractivity contribution in [1.82, 2.24) is 4.57 Å². The third-order valence-electron chi connectivity index (χ3n) is 3.27. The number of benzene rings is 2. The van der Waals surface area contributed by atoms with Crippen molar-refractivity contribution < 1.29 is 4.74 Å². The molecule has 0 N–H and O–H groups in total. The average Bonchev–Trinajstić information content (AvgIpc) is 2.82. The van der Waals surface area contributed by atoms with Crippen molar-refractivity contribution in [3.05, 3.63) is 60.3 Å². The average molecular weight is 237 g/mol. The number of para-hydroxylation sites is 1. The van der Waals surface area contributed by atoms with Crippen LogP contribution in [0, 0.1) is 6.92 Å². The molecule has 90 valence electrons. The Morgan fingerprint density at radius 2 is 1.83 bits per heavy atom. The molecule has 0 unspecified atom stereocenters. The summed E-state index contributed by atoms with van der Waals surface area (Å²) in [6.07, 6.45) is 2.10. The first-order valence-corrected chi connectivity index (χ1v) is 6.01. The van der Waals surface area contributed by atoms with Crippen molar-refractivity contribution in [2.24, 2.45) is 0 Å². The maximum atomic E-state index is 5.25. The first-order valence-electron chi connectivity index (χ1n) is 6.01. The van der Waals surface area contributed by atoms with E-state index in [1.807, 2.05) is 6.07 Å². The quantitative estimate of drug-likeness (QED) is 0.658. The number of hydrogen-bond acceptors (Lipinski definition) is 1. The molecule has 0 saturated carbocycles. The number of aromatic nitrogens is 1. The van der Waals surface area contributed by atoms with Crippen molar-refractivity contribution in [2.75, 3.05) is 7.11 Å². The molecule has 0 bridgehead atoms. The van der Waals surface area contributed by atoms with Gasteiger partial charge in [-0.05, 0) is 42.8 Å². The molecule has 1 aromatic heterocycles. The summed E-state index contributed by atoms with van der Waals surface area (Å²) in [5, 5.41) is 1.19. The highest BCUT2D eigenvalue weighted by atomic mass is 16.5. The molecule has 0 amide bonds. The van der Waals surface area contributed by atoms with E-state index in [2.05, 4.69) is 60.2 Å². The fourth-order valence-electron chi connectivity index (χ4n) is 2.29. The van der Waals surface area contributed by atoms with Crippen molar-refractivity contribution in [2.45, 2.75) is 6.92 Å². The molecule has 0 aliphatic heterocycles. The van der Waals surface area contributed by atoms with Gasteiger partial charge < -0.3 is 9.30 Å². The molecule has 0 fully saturated rings. The van der Waals surface area contributed by atoms with Crippen LogP contribution in [0.3, 0.4) is 0 Å². The van der Waals surface area contributed by atoms with Crippen LogP contribution in [0.25, 0.3) is 16.6 Å². The van der Waals surface area contributed by atoms with E-state index in [1.165, 1.54) is 22.2 Å². The molecule has 0 spiro atoms. The van der Waals surface area contributed by atoms with Crippen LogP contribution in [0.4, 0.5) is 0 Å². The molecule has 0 aliphatic rings. The molecule has 0 saturated heterocycles. The molecule has 3 rings (SSSR count). The Balaban J connectivity index is 2.22. The van der Waals surface area contributed by atoms with Crippen molar-refractivity contribution >= 4 is 10.9 Å². The maximum absolute atomic E-state index is 5.25. The monoisotopic (exact) mass is 237 g/mol. The molecule has 18 heavy (non-hydrogen) atoms. The van der Waals surface area contributed by atoms with Gasteiger partial charge in [0, 0.05) is 17.3 Å². The van der Waals surface area contributed by atoms with Crippen molar-refractivity contribution in [3.63, 3.8) is 0 Å². The highest BCUT2D eigenvalue weighted by Crippen LogP contribution is 2.25. The summed E-state index contributed by atoms with van der Waals surface area (Å²) in [6, 6.07) is 16.7. The zero-order valence-corrected chi connectivity index (χ0v) is 10.6. The molecule has 3 aromatic rings. The number of hydrogen-bond donors (Lipinski definition) is 0. The largest absolute Gasteiger partial charge is 0.497 e. The second-order valence-electron chi connectivity index (χ2n) is 4.40. The van der Waals surface area contributed by atoms with Crippen LogP contribution in [-0.2, 0) is 0 Å². The van der Waals surface area contributed by atoms with Crippen LogP contribution in [-0.4, -0.2) is 11.7 Å². The summed E-state index contributed by atoms with van der Waals surface area (Å²) in [7, 11) is 1.69. The fourth-order valence-corrected chi connectivity index (χ4v) is 2.29. The highest BCUT2D eigenvalue weighted by Gasteiger charge is 2.05. The number of methoxy groups -OCH3 is 1. The predicted octanol–water partition coefficient (Wildman–Crippen LogP) is 3.95. The van der Waals surface area contributed by atoms with Gasteiger partial charge in [-0.25, -0.2) is 0 Å². The third kappa shape index (κ3) is 1.66. The van der Waals surface area contributed by atoms with Gasteiger partial charge in [0.05, 0.1) is 12.6 Å². The lowest BCUT2D eigenvalue weighted by Gasteiger charge is -2.09. The standard InChI is InChI=1S/C16H15NO/c1-12-5-3-4-6-15(12)17-10-9-13-11-14(18-2)7-8-16(13)17/h3-11H,1-2H3. The number of rotatable bonds is 2. The first-order chi connectivity index (χ1) is 8.79. The number of fused-ring (bicyclic) bond motifs is 1. The normalized spacial score (nSPS) is 10.8. The highest BCUT2D eigenvalue weighted by molar-refractivity contribution is 5.83. The Hall–Kier alpha value is -2.22. The van der Waals surface area contributed by atoms with E-state index >= 15 is 0 Å². The van der Waals surface area contributed by atoms with Gasteiger partial charge >= 0.3 is 0 Å². The molecule has 0 atom stereocenters. The summed E-state index contributed by atoms with van der Waals surface area (Å²) in [6.45, 7) is 2.13. The van der Waals surface area contributed by atoms with Crippen LogP contribution in [0.1, 0.15) is 5.56 Å². The summed E-state index contributed by atoms with van der Waals surface area (Å²) in [5.41, 5.74) is 3.69. The lowest BCUT2D eigenvalue weighted by Crippen LogP contribution is -1.94. The van der Waals surface area contributed by atoms with E-state index < -0.39 is 0 Å². The zero-order valence-electron chi connectivity index (χ0n) is 10.6. The van der Waals surface area contributed by atoms with Crippen LogP contribution < -0.4 is 4.74 Å². The molecule has 0 radical (unpaired) electrons. The first kappa shape index (κ1) is 10.9. The number of aryl methyl sites for hydroxylation is 1. The smallest absolute Gasteiger partial charge is 0.119 e. The molecular weight excluding hydrogens is 222 g/mol. The molecule has 2 nitrogen and oxygen atoms in total. The molecule has 2 heteroatoms. The van der Waals surface area contributed by atoms with E-state index in [1.54, 1.807) is 7.11 Å². The minimum atomic E-state index is 0.894. The van der Waals surface area contributed by atoms with E-state index in [0.717, 1.165) is 5.75 Å². The van der Waals surface area contributed by atoms with Crippen LogP contribution in [0.5, 0.6) is 5.75 Å². The van der Waals surface area contributed by atoms with E-state index in [9.17, 15) is 0 Å². The maximum Gasteiger partial charge on any atom is 0.119 e. The van der Waals surface area contributed by atoms with Gasteiger partial charge in [-0.1, -0.05) is 18.2 Å². The summed E-state index contributed by atoms with van der Waals surface area (Å²) >= 11 is 0. The molecule has 1 heterocycles. The van der Waals surface area contributed by atoms with Crippen molar-refractivity contribution in [1.29, 1.82) is 0 Å². The molecule has 2 aromatic carbocycles. The van der Waals surface area contributed by atoms with Gasteiger partial charge in [0.15, 0.2) is 0 Å². The number of ether oxygens (including phenoxy) is 1. The Morgan fingerprint density at radius 3 is 2.61 bits per heavy atom. The van der Waals surface area contributed by atoms with Gasteiger partial charge in [0.2, 0.25) is 0 Å². The van der Waals surface area contributed by atoms with E-state index in [-0.39, 0.29) is 0 Å². The summed E-state index contributed by atoms with van der Waals surface area (Å²) in [4.78, 5) is 0. The second-order valence-corrected chi connectivity index (χ2v) is 4.40. The van der Waals surface area contributed by atoms with Crippen molar-refractivity contribution in [3.8, 4) is 11.4 Å². The van der Waals surface area contributed by atoms with Crippen LogP contribution >= 0.6 is 0 Å². The number of nitrogens with zero attached hydrogens (tertiary/aromatic N) is 1. The second kappa shape index (κ2) is 4.22. The SMILES string of the molecule is COc1ccc2c(ccn2-c2ccccc2C)c1. The van der Waals surface area contributed by atoms with Gasteiger partial charge in [0.25, 0.3) is 0 Å². The molecular formula is C16H15NO. The predicted molar refractivity (Wildman–Crippen MR) is 74.6 cm³/mol. The van der Waals surface area contributed by atoms with Gasteiger partial charge in [-0.3, -0.25) is 0 Å². The third-order valence-corrected chi connectivity index (χ3v) is 3.27. The van der Waals surface area contributed by atoms with Gasteiger partial charge in [-0.15, -0.1) is 0 Å². The van der Waals surface area contributed by atoms with E-state index in [4.69, 9.17) is 4.74 Å². The van der Waals surface area contributed by atoms with E-state index in [0.29, 0.717) is 0 Å². The summed E-state index contributed by atoms with van der Waals surface area (Å²) in [5.74, 6) is 0.894. The van der Waals surface area contributed by atoms with Crippen LogP contribution in [0.15, 0.2) is 54.7 Å². The minimum Gasteiger partial charge on any atom is -0.497 e. The molecule has 0 aliphatic carbocycles. The fraction of sp³-hybridized carbons (Fsp3) is 0.125. The lowest BCUT2D eigenvalue weighted by atomic mass is 10.2. The lowest BCUT2D eigenvalue weighted by molar-refractivity contribution is 0.415. The minimum absolute atomic E-state index is 0.894. The van der Waals surface area contributed by atoms with Gasteiger partial charge in [-0.2, -0.15) is 0 Å².